The second-order valence-corrected chi connectivity index (χ2v) is 3.76. The Kier molecular flexibility index (Phi) is 3.59. The SMILES string of the molecule is CNC(CS)C(C)(C)C. The summed E-state index contributed by atoms with van der Waals surface area (Å²) >= 11 is 4.23. The first-order valence-corrected chi connectivity index (χ1v) is 3.93. The second kappa shape index (κ2) is 3.47. The summed E-state index contributed by atoms with van der Waals surface area (Å²) in [6.45, 7) is 6.64. The summed E-state index contributed by atoms with van der Waals surface area (Å²) in [7, 11) is 1.98. The fourth-order valence-electron chi connectivity index (χ4n) is 0.798. The highest BCUT2D eigenvalue weighted by atomic mass is 32.1. The van der Waals surface area contributed by atoms with Crippen LogP contribution < -0.4 is 5.32 Å². The van der Waals surface area contributed by atoms with Crippen LogP contribution in [0.4, 0.5) is 0 Å². The van der Waals surface area contributed by atoms with Crippen molar-refractivity contribution in [1.82, 2.24) is 5.32 Å². The zero-order valence-electron chi connectivity index (χ0n) is 6.73. The maximum atomic E-state index is 4.23. The summed E-state index contributed by atoms with van der Waals surface area (Å²) in [5.41, 5.74) is 0.330. The Labute approximate surface area is 63.6 Å². The highest BCUT2D eigenvalue weighted by molar-refractivity contribution is 7.80. The predicted molar refractivity (Wildman–Crippen MR) is 46.2 cm³/mol. The monoisotopic (exact) mass is 147 g/mol. The number of hydrogen-bond acceptors (Lipinski definition) is 2. The van der Waals surface area contributed by atoms with Crippen molar-refractivity contribution in [2.45, 2.75) is 26.8 Å². The summed E-state index contributed by atoms with van der Waals surface area (Å²) in [5, 5.41) is 3.22. The minimum absolute atomic E-state index is 0.330. The molecule has 0 aliphatic rings. The van der Waals surface area contributed by atoms with E-state index in [4.69, 9.17) is 0 Å². The first kappa shape index (κ1) is 9.31. The Balaban J connectivity index is 3.79. The molecular formula is C7H17NS. The molecule has 56 valence electrons. The summed E-state index contributed by atoms with van der Waals surface area (Å²) in [5.74, 6) is 0.903. The molecule has 0 amide bonds. The smallest absolute Gasteiger partial charge is 0.0201 e. The van der Waals surface area contributed by atoms with E-state index in [1.54, 1.807) is 0 Å². The fraction of sp³-hybridized carbons (Fsp3) is 1.00. The van der Waals surface area contributed by atoms with Gasteiger partial charge in [0.1, 0.15) is 0 Å². The number of thiol groups is 1. The largest absolute Gasteiger partial charge is 0.316 e. The van der Waals surface area contributed by atoms with E-state index in [1.807, 2.05) is 7.05 Å². The van der Waals surface area contributed by atoms with Crippen LogP contribution >= 0.6 is 12.6 Å². The number of rotatable bonds is 2. The summed E-state index contributed by atoms with van der Waals surface area (Å²) < 4.78 is 0. The zero-order valence-corrected chi connectivity index (χ0v) is 7.63. The average Bonchev–Trinajstić information content (AvgIpc) is 1.65. The Morgan fingerprint density at radius 2 is 1.89 bits per heavy atom. The second-order valence-electron chi connectivity index (χ2n) is 3.39. The van der Waals surface area contributed by atoms with Crippen molar-refractivity contribution in [2.24, 2.45) is 5.41 Å². The molecule has 9 heavy (non-hydrogen) atoms. The third kappa shape index (κ3) is 3.11. The van der Waals surface area contributed by atoms with Gasteiger partial charge in [-0.05, 0) is 12.5 Å². The lowest BCUT2D eigenvalue weighted by Crippen LogP contribution is -2.39. The summed E-state index contributed by atoms with van der Waals surface area (Å²) in [6.07, 6.45) is 0. The molecule has 0 rings (SSSR count). The molecule has 0 aliphatic carbocycles. The van der Waals surface area contributed by atoms with Gasteiger partial charge in [0.2, 0.25) is 0 Å². The number of nitrogens with one attached hydrogen (secondary N) is 1. The molecule has 1 nitrogen and oxygen atoms in total. The average molecular weight is 147 g/mol. The lowest BCUT2D eigenvalue weighted by molar-refractivity contribution is 0.306. The molecular weight excluding hydrogens is 130 g/mol. The Morgan fingerprint density at radius 1 is 1.44 bits per heavy atom. The molecule has 0 heterocycles. The molecule has 1 atom stereocenters. The van der Waals surface area contributed by atoms with Crippen molar-refractivity contribution in [3.8, 4) is 0 Å². The van der Waals surface area contributed by atoms with Crippen molar-refractivity contribution < 1.29 is 0 Å². The molecule has 0 aromatic heterocycles. The van der Waals surface area contributed by atoms with Gasteiger partial charge in [0.05, 0.1) is 0 Å². The molecule has 0 spiro atoms. The molecule has 0 saturated carbocycles. The standard InChI is InChI=1S/C7H17NS/c1-7(2,3)6(5-9)8-4/h6,8-9H,5H2,1-4H3. The van der Waals surface area contributed by atoms with Gasteiger partial charge in [-0.2, -0.15) is 12.6 Å². The molecule has 0 saturated heterocycles. The fourth-order valence-corrected chi connectivity index (χ4v) is 1.53. The molecule has 1 unspecified atom stereocenters. The van der Waals surface area contributed by atoms with Gasteiger partial charge in [-0.3, -0.25) is 0 Å². The predicted octanol–water partition coefficient (Wildman–Crippen LogP) is 1.55. The van der Waals surface area contributed by atoms with Gasteiger partial charge in [0, 0.05) is 11.8 Å². The first-order valence-electron chi connectivity index (χ1n) is 3.30. The third-order valence-corrected chi connectivity index (χ3v) is 1.94. The van der Waals surface area contributed by atoms with E-state index in [2.05, 4.69) is 38.7 Å². The van der Waals surface area contributed by atoms with Crippen LogP contribution in [-0.4, -0.2) is 18.8 Å². The quantitative estimate of drug-likeness (QED) is 0.565. The van der Waals surface area contributed by atoms with Gasteiger partial charge < -0.3 is 5.32 Å². The van der Waals surface area contributed by atoms with Crippen LogP contribution in [0.25, 0.3) is 0 Å². The normalized spacial score (nSPS) is 15.7. The summed E-state index contributed by atoms with van der Waals surface area (Å²) in [6, 6.07) is 0.515. The van der Waals surface area contributed by atoms with Crippen LogP contribution in [0.15, 0.2) is 0 Å². The van der Waals surface area contributed by atoms with Crippen molar-refractivity contribution in [3.63, 3.8) is 0 Å². The van der Waals surface area contributed by atoms with Crippen LogP contribution in [0.3, 0.4) is 0 Å². The van der Waals surface area contributed by atoms with E-state index >= 15 is 0 Å². The van der Waals surface area contributed by atoms with Gasteiger partial charge in [0.25, 0.3) is 0 Å². The zero-order chi connectivity index (χ0) is 7.49. The molecule has 0 fully saturated rings. The molecule has 1 N–H and O–H groups in total. The maximum absolute atomic E-state index is 4.23. The molecule has 2 heteroatoms. The van der Waals surface area contributed by atoms with Crippen molar-refractivity contribution in [2.75, 3.05) is 12.8 Å². The molecule has 0 bridgehead atoms. The molecule has 0 aliphatic heterocycles. The van der Waals surface area contributed by atoms with Crippen molar-refractivity contribution in [1.29, 1.82) is 0 Å². The number of hydrogen-bond donors (Lipinski definition) is 2. The highest BCUT2D eigenvalue weighted by Crippen LogP contribution is 2.19. The molecule has 0 aromatic carbocycles. The third-order valence-electron chi connectivity index (χ3n) is 1.58. The van der Waals surface area contributed by atoms with Gasteiger partial charge in [-0.15, -0.1) is 0 Å². The van der Waals surface area contributed by atoms with Crippen molar-refractivity contribution in [3.05, 3.63) is 0 Å². The lowest BCUT2D eigenvalue weighted by Gasteiger charge is -2.28. The minimum atomic E-state index is 0.330. The van der Waals surface area contributed by atoms with E-state index in [0.717, 1.165) is 5.75 Å². The maximum Gasteiger partial charge on any atom is 0.0201 e. The van der Waals surface area contributed by atoms with Crippen LogP contribution in [0.5, 0.6) is 0 Å². The van der Waals surface area contributed by atoms with Gasteiger partial charge in [0.15, 0.2) is 0 Å². The van der Waals surface area contributed by atoms with Crippen LogP contribution in [0, 0.1) is 5.41 Å². The van der Waals surface area contributed by atoms with E-state index < -0.39 is 0 Å². The minimum Gasteiger partial charge on any atom is -0.316 e. The summed E-state index contributed by atoms with van der Waals surface area (Å²) in [4.78, 5) is 0. The Morgan fingerprint density at radius 3 is 1.89 bits per heavy atom. The first-order chi connectivity index (χ1) is 4.02. The highest BCUT2D eigenvalue weighted by Gasteiger charge is 2.20. The Bertz CT molecular complexity index is 71.5. The molecule has 0 radical (unpaired) electrons. The molecule has 0 aromatic rings. The van der Waals surface area contributed by atoms with Crippen LogP contribution in [-0.2, 0) is 0 Å². The van der Waals surface area contributed by atoms with Gasteiger partial charge >= 0.3 is 0 Å². The van der Waals surface area contributed by atoms with E-state index in [1.165, 1.54) is 0 Å². The van der Waals surface area contributed by atoms with E-state index in [9.17, 15) is 0 Å². The Hall–Kier alpha value is 0.310. The van der Waals surface area contributed by atoms with Crippen LogP contribution in [0.1, 0.15) is 20.8 Å². The van der Waals surface area contributed by atoms with E-state index in [0.29, 0.717) is 11.5 Å². The lowest BCUT2D eigenvalue weighted by atomic mass is 9.88. The van der Waals surface area contributed by atoms with Crippen molar-refractivity contribution >= 4 is 12.6 Å². The van der Waals surface area contributed by atoms with E-state index in [-0.39, 0.29) is 0 Å². The van der Waals surface area contributed by atoms with Gasteiger partial charge in [-0.25, -0.2) is 0 Å². The van der Waals surface area contributed by atoms with Gasteiger partial charge in [-0.1, -0.05) is 20.8 Å². The topological polar surface area (TPSA) is 12.0 Å². The van der Waals surface area contributed by atoms with Crippen LogP contribution in [0.2, 0.25) is 0 Å².